The average molecular weight is 338 g/mol. The van der Waals surface area contributed by atoms with Gasteiger partial charge in [0.25, 0.3) is 0 Å². The van der Waals surface area contributed by atoms with E-state index in [4.69, 9.17) is 0 Å². The van der Waals surface area contributed by atoms with Gasteiger partial charge in [0.2, 0.25) is 5.91 Å². The number of hydrogen-bond acceptors (Lipinski definition) is 3. The van der Waals surface area contributed by atoms with Gasteiger partial charge in [-0.25, -0.2) is 4.79 Å². The van der Waals surface area contributed by atoms with Gasteiger partial charge in [0.05, 0.1) is 5.56 Å². The molecule has 0 bridgehead atoms. The first-order valence-corrected chi connectivity index (χ1v) is 8.44. The summed E-state index contributed by atoms with van der Waals surface area (Å²) in [4.78, 5) is 27.1. The molecule has 1 aliphatic rings. The van der Waals surface area contributed by atoms with Gasteiger partial charge in [0, 0.05) is 39.6 Å². The van der Waals surface area contributed by atoms with E-state index in [0.717, 1.165) is 29.8 Å². The first-order valence-electron chi connectivity index (χ1n) is 8.44. The van der Waals surface area contributed by atoms with Crippen molar-refractivity contribution in [2.75, 3.05) is 26.2 Å². The van der Waals surface area contributed by atoms with E-state index in [1.807, 2.05) is 47.4 Å². The quantitative estimate of drug-likeness (QED) is 0.931. The Bertz CT molecular complexity index is 766. The highest BCUT2D eigenvalue weighted by Crippen LogP contribution is 2.24. The molecular formula is C20H22N2O3. The van der Waals surface area contributed by atoms with Crippen LogP contribution in [0.25, 0.3) is 11.1 Å². The lowest BCUT2D eigenvalue weighted by Crippen LogP contribution is -2.47. The SMILES string of the molecule is CC(=O)N1CCN(Cc2cc(-c3ccccc3)ccc2C(=O)O)CC1. The summed E-state index contributed by atoms with van der Waals surface area (Å²) >= 11 is 0. The van der Waals surface area contributed by atoms with Crippen LogP contribution in [0.15, 0.2) is 48.5 Å². The summed E-state index contributed by atoms with van der Waals surface area (Å²) in [5.41, 5.74) is 3.24. The normalized spacial score (nSPS) is 15.2. The Morgan fingerprint density at radius 1 is 0.960 bits per heavy atom. The van der Waals surface area contributed by atoms with Crippen molar-refractivity contribution in [1.29, 1.82) is 0 Å². The lowest BCUT2D eigenvalue weighted by molar-refractivity contribution is -0.130. The van der Waals surface area contributed by atoms with Crippen molar-refractivity contribution in [3.8, 4) is 11.1 Å². The van der Waals surface area contributed by atoms with Crippen molar-refractivity contribution < 1.29 is 14.7 Å². The van der Waals surface area contributed by atoms with E-state index in [1.54, 1.807) is 13.0 Å². The minimum atomic E-state index is -0.906. The number of rotatable bonds is 4. The number of benzene rings is 2. The van der Waals surface area contributed by atoms with Gasteiger partial charge >= 0.3 is 5.97 Å². The summed E-state index contributed by atoms with van der Waals surface area (Å²) in [5, 5.41) is 9.50. The Morgan fingerprint density at radius 2 is 1.64 bits per heavy atom. The Balaban J connectivity index is 1.81. The zero-order valence-electron chi connectivity index (χ0n) is 14.3. The van der Waals surface area contributed by atoms with Crippen LogP contribution < -0.4 is 0 Å². The summed E-state index contributed by atoms with van der Waals surface area (Å²) in [7, 11) is 0. The molecular weight excluding hydrogens is 316 g/mol. The Hall–Kier alpha value is -2.66. The number of carbonyl (C=O) groups excluding carboxylic acids is 1. The average Bonchev–Trinajstić information content (AvgIpc) is 2.62. The van der Waals surface area contributed by atoms with Gasteiger partial charge < -0.3 is 10.0 Å². The fraction of sp³-hybridized carbons (Fsp3) is 0.300. The molecule has 2 aromatic rings. The summed E-state index contributed by atoms with van der Waals surface area (Å²) < 4.78 is 0. The molecule has 0 saturated carbocycles. The van der Waals surface area contributed by atoms with Crippen LogP contribution in [0.1, 0.15) is 22.8 Å². The smallest absolute Gasteiger partial charge is 0.336 e. The van der Waals surface area contributed by atoms with E-state index in [-0.39, 0.29) is 5.91 Å². The molecule has 0 unspecified atom stereocenters. The topological polar surface area (TPSA) is 60.9 Å². The van der Waals surface area contributed by atoms with Gasteiger partial charge in [0.1, 0.15) is 0 Å². The lowest BCUT2D eigenvalue weighted by atomic mass is 9.98. The molecule has 0 atom stereocenters. The van der Waals surface area contributed by atoms with Gasteiger partial charge in [0.15, 0.2) is 0 Å². The third kappa shape index (κ3) is 4.06. The number of piperazine rings is 1. The molecule has 1 heterocycles. The maximum Gasteiger partial charge on any atom is 0.336 e. The maximum atomic E-state index is 11.6. The lowest BCUT2D eigenvalue weighted by Gasteiger charge is -2.34. The number of hydrogen-bond donors (Lipinski definition) is 1. The van der Waals surface area contributed by atoms with Gasteiger partial charge in [-0.1, -0.05) is 36.4 Å². The highest BCUT2D eigenvalue weighted by Gasteiger charge is 2.20. The van der Waals surface area contributed by atoms with Crippen LogP contribution >= 0.6 is 0 Å². The number of nitrogens with zero attached hydrogens (tertiary/aromatic N) is 2. The van der Waals surface area contributed by atoms with Crippen LogP contribution in [0.2, 0.25) is 0 Å². The van der Waals surface area contributed by atoms with Gasteiger partial charge in [-0.15, -0.1) is 0 Å². The summed E-state index contributed by atoms with van der Waals surface area (Å²) in [6.07, 6.45) is 0. The molecule has 0 spiro atoms. The zero-order valence-corrected chi connectivity index (χ0v) is 14.3. The molecule has 0 aliphatic carbocycles. The maximum absolute atomic E-state index is 11.6. The van der Waals surface area contributed by atoms with Crippen molar-refractivity contribution in [2.45, 2.75) is 13.5 Å². The molecule has 2 aromatic carbocycles. The van der Waals surface area contributed by atoms with Crippen LogP contribution in [0.3, 0.4) is 0 Å². The van der Waals surface area contributed by atoms with E-state index in [0.29, 0.717) is 25.2 Å². The molecule has 1 amide bonds. The van der Waals surface area contributed by atoms with Crippen molar-refractivity contribution >= 4 is 11.9 Å². The van der Waals surface area contributed by atoms with Gasteiger partial charge in [-0.05, 0) is 28.8 Å². The third-order valence-corrected chi connectivity index (χ3v) is 4.65. The van der Waals surface area contributed by atoms with E-state index in [2.05, 4.69) is 4.90 Å². The van der Waals surface area contributed by atoms with Crippen LogP contribution in [-0.4, -0.2) is 53.0 Å². The molecule has 1 fully saturated rings. The minimum absolute atomic E-state index is 0.0944. The van der Waals surface area contributed by atoms with E-state index in [9.17, 15) is 14.7 Å². The Labute approximate surface area is 147 Å². The highest BCUT2D eigenvalue weighted by atomic mass is 16.4. The Kier molecular flexibility index (Phi) is 5.14. The van der Waals surface area contributed by atoms with Crippen molar-refractivity contribution in [2.24, 2.45) is 0 Å². The first kappa shape index (κ1) is 17.2. The monoisotopic (exact) mass is 338 g/mol. The Morgan fingerprint density at radius 3 is 2.24 bits per heavy atom. The third-order valence-electron chi connectivity index (χ3n) is 4.65. The van der Waals surface area contributed by atoms with Crippen LogP contribution in [-0.2, 0) is 11.3 Å². The summed E-state index contributed by atoms with van der Waals surface area (Å²) in [6.45, 7) is 5.06. The van der Waals surface area contributed by atoms with Crippen molar-refractivity contribution in [1.82, 2.24) is 9.80 Å². The molecule has 0 radical (unpaired) electrons. The zero-order chi connectivity index (χ0) is 17.8. The van der Waals surface area contributed by atoms with E-state index in [1.165, 1.54) is 0 Å². The number of aromatic carboxylic acids is 1. The molecule has 1 N–H and O–H groups in total. The second-order valence-corrected chi connectivity index (χ2v) is 6.33. The van der Waals surface area contributed by atoms with Crippen LogP contribution in [0, 0.1) is 0 Å². The van der Waals surface area contributed by atoms with Gasteiger partial charge in [-0.3, -0.25) is 9.69 Å². The molecule has 5 heteroatoms. The summed E-state index contributed by atoms with van der Waals surface area (Å²) in [6, 6.07) is 15.5. The van der Waals surface area contributed by atoms with Crippen LogP contribution in [0.4, 0.5) is 0 Å². The van der Waals surface area contributed by atoms with E-state index >= 15 is 0 Å². The molecule has 5 nitrogen and oxygen atoms in total. The predicted octanol–water partition coefficient (Wildman–Crippen LogP) is 2.72. The predicted molar refractivity (Wildman–Crippen MR) is 96.4 cm³/mol. The highest BCUT2D eigenvalue weighted by molar-refractivity contribution is 5.90. The largest absolute Gasteiger partial charge is 0.478 e. The number of carboxylic acids is 1. The number of carbonyl (C=O) groups is 2. The number of carboxylic acid groups (broad SMARTS) is 1. The van der Waals surface area contributed by atoms with Gasteiger partial charge in [-0.2, -0.15) is 0 Å². The van der Waals surface area contributed by atoms with Crippen LogP contribution in [0.5, 0.6) is 0 Å². The minimum Gasteiger partial charge on any atom is -0.478 e. The molecule has 1 saturated heterocycles. The second-order valence-electron chi connectivity index (χ2n) is 6.33. The molecule has 130 valence electrons. The first-order chi connectivity index (χ1) is 12.0. The molecule has 3 rings (SSSR count). The molecule has 0 aromatic heterocycles. The van der Waals surface area contributed by atoms with Crippen molar-refractivity contribution in [3.63, 3.8) is 0 Å². The number of amides is 1. The summed E-state index contributed by atoms with van der Waals surface area (Å²) in [5.74, 6) is -0.811. The molecule has 25 heavy (non-hydrogen) atoms. The standard InChI is InChI=1S/C20H22N2O3/c1-15(23)22-11-9-21(10-12-22)14-18-13-17(7-8-19(18)20(24)25)16-5-3-2-4-6-16/h2-8,13H,9-12,14H2,1H3,(H,24,25). The van der Waals surface area contributed by atoms with E-state index < -0.39 is 5.97 Å². The molecule has 1 aliphatic heterocycles. The second kappa shape index (κ2) is 7.49. The van der Waals surface area contributed by atoms with Crippen molar-refractivity contribution in [3.05, 3.63) is 59.7 Å². The fourth-order valence-corrected chi connectivity index (χ4v) is 3.21. The fourth-order valence-electron chi connectivity index (χ4n) is 3.21.